The summed E-state index contributed by atoms with van der Waals surface area (Å²) in [7, 11) is 0. The molecule has 0 unspecified atom stereocenters. The smallest absolute Gasteiger partial charge is 0.0412 e. The molecule has 1 aliphatic heterocycles. The molecule has 118 valence electrons. The first-order chi connectivity index (χ1) is 10.7. The molecule has 4 heteroatoms. The lowest BCUT2D eigenvalue weighted by molar-refractivity contribution is 0.259. The van der Waals surface area contributed by atoms with Crippen LogP contribution < -0.4 is 0 Å². The third-order valence-corrected chi connectivity index (χ3v) is 5.63. The van der Waals surface area contributed by atoms with Crippen molar-refractivity contribution < 1.29 is 0 Å². The van der Waals surface area contributed by atoms with Crippen LogP contribution in [0.4, 0.5) is 0 Å². The van der Waals surface area contributed by atoms with Gasteiger partial charge in [0.05, 0.1) is 0 Å². The molecule has 0 amide bonds. The lowest BCUT2D eigenvalue weighted by Gasteiger charge is -2.20. The number of benzene rings is 1. The summed E-state index contributed by atoms with van der Waals surface area (Å²) in [5.41, 5.74) is 1.22. The molecule has 2 heterocycles. The average molecular weight is 335 g/mol. The monoisotopic (exact) mass is 334 g/mol. The lowest BCUT2D eigenvalue weighted by Crippen LogP contribution is -2.30. The number of hydrogen-bond acceptors (Lipinski definition) is 3. The van der Waals surface area contributed by atoms with Crippen molar-refractivity contribution in [2.75, 3.05) is 32.7 Å². The van der Waals surface area contributed by atoms with E-state index in [1.54, 1.807) is 0 Å². The number of likely N-dealkylation sites (N-methyl/N-ethyl adjacent to an activating group) is 1. The Labute approximate surface area is 142 Å². The van der Waals surface area contributed by atoms with Crippen molar-refractivity contribution in [2.24, 2.45) is 0 Å². The van der Waals surface area contributed by atoms with E-state index in [4.69, 9.17) is 11.6 Å². The second kappa shape index (κ2) is 7.60. The van der Waals surface area contributed by atoms with Crippen molar-refractivity contribution in [1.82, 2.24) is 9.80 Å². The Balaban J connectivity index is 1.64. The topological polar surface area (TPSA) is 6.48 Å². The van der Waals surface area contributed by atoms with E-state index in [2.05, 4.69) is 34.9 Å². The largest absolute Gasteiger partial charge is 0.302 e. The predicted molar refractivity (Wildman–Crippen MR) is 96.8 cm³/mol. The highest BCUT2D eigenvalue weighted by Crippen LogP contribution is 2.30. The Morgan fingerprint density at radius 2 is 1.86 bits per heavy atom. The Bertz CT molecular complexity index is 611. The summed E-state index contributed by atoms with van der Waals surface area (Å²) in [6.07, 6.45) is 1.28. The summed E-state index contributed by atoms with van der Waals surface area (Å²) < 4.78 is 0. The Morgan fingerprint density at radius 1 is 1.05 bits per heavy atom. The minimum atomic E-state index is 0.805. The molecule has 1 aliphatic rings. The Morgan fingerprint density at radius 3 is 2.68 bits per heavy atom. The first-order valence-electron chi connectivity index (χ1n) is 8.04. The lowest BCUT2D eigenvalue weighted by atomic mass is 10.2. The zero-order chi connectivity index (χ0) is 15.4. The van der Waals surface area contributed by atoms with E-state index >= 15 is 0 Å². The molecule has 2 nitrogen and oxygen atoms in total. The number of rotatable bonds is 4. The van der Waals surface area contributed by atoms with Crippen molar-refractivity contribution in [3.63, 3.8) is 0 Å². The van der Waals surface area contributed by atoms with Crippen molar-refractivity contribution in [1.29, 1.82) is 0 Å². The van der Waals surface area contributed by atoms with E-state index in [1.807, 2.05) is 29.5 Å². The van der Waals surface area contributed by atoms with Gasteiger partial charge < -0.3 is 4.90 Å². The normalized spacial score (nSPS) is 17.5. The first-order valence-corrected chi connectivity index (χ1v) is 9.23. The second-order valence-corrected chi connectivity index (χ2v) is 7.45. The van der Waals surface area contributed by atoms with E-state index in [9.17, 15) is 0 Å². The van der Waals surface area contributed by atoms with Gasteiger partial charge in [-0.05, 0) is 55.9 Å². The molecular weight excluding hydrogens is 312 g/mol. The molecule has 1 fully saturated rings. The van der Waals surface area contributed by atoms with Gasteiger partial charge in [0.1, 0.15) is 0 Å². The fourth-order valence-electron chi connectivity index (χ4n) is 2.98. The third kappa shape index (κ3) is 4.11. The van der Waals surface area contributed by atoms with Crippen LogP contribution in [0.15, 0.2) is 36.4 Å². The SMILES string of the molecule is CCN1CCCN(Cc2ccc(-c3cccc(Cl)c3)s2)CC1. The zero-order valence-corrected chi connectivity index (χ0v) is 14.7. The van der Waals surface area contributed by atoms with Crippen molar-refractivity contribution in [3.05, 3.63) is 46.3 Å². The highest BCUT2D eigenvalue weighted by molar-refractivity contribution is 7.15. The van der Waals surface area contributed by atoms with Crippen LogP contribution in [0.5, 0.6) is 0 Å². The van der Waals surface area contributed by atoms with Crippen LogP contribution in [0.1, 0.15) is 18.2 Å². The van der Waals surface area contributed by atoms with E-state index < -0.39 is 0 Å². The number of thiophene rings is 1. The van der Waals surface area contributed by atoms with Gasteiger partial charge in [-0.15, -0.1) is 11.3 Å². The number of nitrogens with zero attached hydrogens (tertiary/aromatic N) is 2. The van der Waals surface area contributed by atoms with Gasteiger partial charge in [0, 0.05) is 34.4 Å². The van der Waals surface area contributed by atoms with E-state index in [0.717, 1.165) is 11.6 Å². The fourth-order valence-corrected chi connectivity index (χ4v) is 4.22. The maximum atomic E-state index is 6.09. The molecular formula is C18H23ClN2S. The van der Waals surface area contributed by atoms with Gasteiger partial charge >= 0.3 is 0 Å². The molecule has 2 aromatic rings. The third-order valence-electron chi connectivity index (χ3n) is 4.28. The highest BCUT2D eigenvalue weighted by atomic mass is 35.5. The maximum absolute atomic E-state index is 6.09. The molecule has 1 saturated heterocycles. The average Bonchev–Trinajstić information content (AvgIpc) is 2.86. The van der Waals surface area contributed by atoms with Crippen LogP contribution in [-0.2, 0) is 6.54 Å². The quantitative estimate of drug-likeness (QED) is 0.806. The zero-order valence-electron chi connectivity index (χ0n) is 13.1. The highest BCUT2D eigenvalue weighted by Gasteiger charge is 2.14. The number of hydrogen-bond donors (Lipinski definition) is 0. The predicted octanol–water partition coefficient (Wildman–Crippen LogP) is 4.60. The minimum absolute atomic E-state index is 0.805. The fraction of sp³-hybridized carbons (Fsp3) is 0.444. The molecule has 0 spiro atoms. The van der Waals surface area contributed by atoms with Crippen LogP contribution in [0.25, 0.3) is 10.4 Å². The molecule has 0 radical (unpaired) electrons. The van der Waals surface area contributed by atoms with Gasteiger partial charge in [-0.3, -0.25) is 4.90 Å². The van der Waals surface area contributed by atoms with E-state index in [-0.39, 0.29) is 0 Å². The van der Waals surface area contributed by atoms with E-state index in [0.29, 0.717) is 0 Å². The molecule has 1 aromatic heterocycles. The van der Waals surface area contributed by atoms with E-state index in [1.165, 1.54) is 54.5 Å². The van der Waals surface area contributed by atoms with Gasteiger partial charge in [-0.25, -0.2) is 0 Å². The molecule has 0 atom stereocenters. The van der Waals surface area contributed by atoms with Crippen molar-refractivity contribution in [3.8, 4) is 10.4 Å². The van der Waals surface area contributed by atoms with Crippen LogP contribution >= 0.6 is 22.9 Å². The van der Waals surface area contributed by atoms with Gasteiger partial charge in [0.25, 0.3) is 0 Å². The maximum Gasteiger partial charge on any atom is 0.0412 e. The second-order valence-electron chi connectivity index (χ2n) is 5.84. The molecule has 22 heavy (non-hydrogen) atoms. The van der Waals surface area contributed by atoms with Gasteiger partial charge in [0.15, 0.2) is 0 Å². The summed E-state index contributed by atoms with van der Waals surface area (Å²) in [5.74, 6) is 0. The summed E-state index contributed by atoms with van der Waals surface area (Å²) in [6, 6.07) is 12.6. The van der Waals surface area contributed by atoms with Crippen LogP contribution in [0.3, 0.4) is 0 Å². The Hall–Kier alpha value is -0.870. The van der Waals surface area contributed by atoms with Crippen LogP contribution in [0.2, 0.25) is 5.02 Å². The molecule has 0 saturated carbocycles. The molecule has 0 bridgehead atoms. The summed E-state index contributed by atoms with van der Waals surface area (Å²) in [5, 5.41) is 0.805. The van der Waals surface area contributed by atoms with Crippen LogP contribution in [0, 0.1) is 0 Å². The summed E-state index contributed by atoms with van der Waals surface area (Å²) in [6.45, 7) is 9.33. The van der Waals surface area contributed by atoms with Gasteiger partial charge in [-0.2, -0.15) is 0 Å². The standard InChI is InChI=1S/C18H23ClN2S/c1-2-20-9-4-10-21(12-11-20)14-17-7-8-18(22-17)15-5-3-6-16(19)13-15/h3,5-8,13H,2,4,9-12,14H2,1H3. The Kier molecular flexibility index (Phi) is 5.53. The van der Waals surface area contributed by atoms with Gasteiger partial charge in [-0.1, -0.05) is 30.7 Å². The summed E-state index contributed by atoms with van der Waals surface area (Å²) >= 11 is 7.98. The number of halogens is 1. The molecule has 0 aliphatic carbocycles. The van der Waals surface area contributed by atoms with Crippen LogP contribution in [-0.4, -0.2) is 42.5 Å². The first kappa shape index (κ1) is 16.0. The van der Waals surface area contributed by atoms with Crippen molar-refractivity contribution in [2.45, 2.75) is 19.9 Å². The molecule has 3 rings (SSSR count). The van der Waals surface area contributed by atoms with Gasteiger partial charge in [0.2, 0.25) is 0 Å². The summed E-state index contributed by atoms with van der Waals surface area (Å²) in [4.78, 5) is 7.89. The van der Waals surface area contributed by atoms with Crippen molar-refractivity contribution >= 4 is 22.9 Å². The molecule has 0 N–H and O–H groups in total. The molecule has 1 aromatic carbocycles. The minimum Gasteiger partial charge on any atom is -0.302 e.